The van der Waals surface area contributed by atoms with E-state index in [1.807, 2.05) is 18.4 Å². The van der Waals surface area contributed by atoms with Crippen molar-refractivity contribution in [3.63, 3.8) is 0 Å². The molecule has 3 aromatic heterocycles. The Balaban J connectivity index is 1.57. The van der Waals surface area contributed by atoms with E-state index in [2.05, 4.69) is 15.3 Å². The summed E-state index contributed by atoms with van der Waals surface area (Å²) in [6, 6.07) is 7.76. The molecule has 7 nitrogen and oxygen atoms in total. The number of aliphatic hydroxyl groups excluding tert-OH is 1. The molecule has 4 aromatic rings. The molecule has 3 heterocycles. The first kappa shape index (κ1) is 25.1. The van der Waals surface area contributed by atoms with Crippen LogP contribution >= 0.6 is 0 Å². The fourth-order valence-electron chi connectivity index (χ4n) is 3.87. The maximum atomic E-state index is 13.4. The van der Waals surface area contributed by atoms with Crippen molar-refractivity contribution in [2.45, 2.75) is 32.0 Å². The summed E-state index contributed by atoms with van der Waals surface area (Å²) < 4.78 is 40.6. The van der Waals surface area contributed by atoms with Gasteiger partial charge in [-0.1, -0.05) is 18.2 Å². The topological polar surface area (TPSA) is 97.1 Å². The number of halogens is 3. The number of anilines is 1. The van der Waals surface area contributed by atoms with Gasteiger partial charge in [0.1, 0.15) is 0 Å². The summed E-state index contributed by atoms with van der Waals surface area (Å²) in [6.45, 7) is 3.52. The molecule has 0 atom stereocenters. The Hall–Kier alpha value is -4.05. The van der Waals surface area contributed by atoms with Crippen LogP contribution in [0.3, 0.4) is 0 Å². The van der Waals surface area contributed by atoms with Crippen LogP contribution in [0, 0.1) is 0 Å². The number of nitrogens with one attached hydrogen (secondary N) is 1. The van der Waals surface area contributed by atoms with Crippen LogP contribution in [0.25, 0.3) is 10.9 Å². The third-order valence-electron chi connectivity index (χ3n) is 5.79. The maximum Gasteiger partial charge on any atom is 0.416 e. The first-order valence-corrected chi connectivity index (χ1v) is 11.0. The lowest BCUT2D eigenvalue weighted by Crippen LogP contribution is -2.29. The summed E-state index contributed by atoms with van der Waals surface area (Å²) in [5, 5.41) is 13.0. The third kappa shape index (κ3) is 5.13. The predicted molar refractivity (Wildman–Crippen MR) is 128 cm³/mol. The number of amides is 1. The summed E-state index contributed by atoms with van der Waals surface area (Å²) in [6.07, 6.45) is 2.75. The van der Waals surface area contributed by atoms with Crippen LogP contribution in [-0.4, -0.2) is 37.9 Å². The summed E-state index contributed by atoms with van der Waals surface area (Å²) in [5.41, 5.74) is 0.219. The van der Waals surface area contributed by atoms with Gasteiger partial charge in [-0.15, -0.1) is 0 Å². The van der Waals surface area contributed by atoms with E-state index in [0.717, 1.165) is 17.6 Å². The van der Waals surface area contributed by atoms with Gasteiger partial charge in [-0.3, -0.25) is 19.6 Å². The van der Waals surface area contributed by atoms with E-state index in [0.29, 0.717) is 10.9 Å². The number of ketones is 1. The van der Waals surface area contributed by atoms with Crippen molar-refractivity contribution in [2.75, 3.05) is 11.9 Å². The molecule has 36 heavy (non-hydrogen) atoms. The second-order valence-corrected chi connectivity index (χ2v) is 8.99. The second kappa shape index (κ2) is 9.54. The van der Waals surface area contributed by atoms with Crippen molar-refractivity contribution >= 4 is 28.3 Å². The largest absolute Gasteiger partial charge is 0.416 e. The van der Waals surface area contributed by atoms with E-state index < -0.39 is 23.2 Å². The van der Waals surface area contributed by atoms with Crippen molar-refractivity contribution in [3.05, 3.63) is 89.6 Å². The molecule has 0 saturated carbocycles. The number of pyridine rings is 2. The quantitative estimate of drug-likeness (QED) is 0.365. The fraction of sp³-hybridized carbons (Fsp3) is 0.231. The lowest BCUT2D eigenvalue weighted by molar-refractivity contribution is -0.137. The molecule has 1 aromatic carbocycles. The van der Waals surface area contributed by atoms with Crippen LogP contribution in [-0.2, 0) is 22.9 Å². The van der Waals surface area contributed by atoms with Crippen LogP contribution in [0.15, 0.2) is 67.4 Å². The zero-order valence-electron chi connectivity index (χ0n) is 19.5. The van der Waals surface area contributed by atoms with E-state index >= 15 is 0 Å². The average molecular weight is 496 g/mol. The minimum absolute atomic E-state index is 0.151. The van der Waals surface area contributed by atoms with E-state index in [4.69, 9.17) is 0 Å². The summed E-state index contributed by atoms with van der Waals surface area (Å²) in [7, 11) is 0. The molecule has 2 N–H and O–H groups in total. The fourth-order valence-corrected chi connectivity index (χ4v) is 3.87. The number of carbonyl (C=O) groups is 2. The first-order chi connectivity index (χ1) is 17.0. The molecule has 0 bridgehead atoms. The molecule has 0 saturated heterocycles. The highest BCUT2D eigenvalue weighted by Gasteiger charge is 2.30. The molecular weight excluding hydrogens is 473 g/mol. The SMILES string of the molecule is CC(C)(CO)n1cc(C(=O)c2cncc(NC(=O)Cc3cccc(C(F)(F)F)c3)c2)c2cnccc21. The van der Waals surface area contributed by atoms with Crippen LogP contribution in [0.5, 0.6) is 0 Å². The number of aromatic nitrogens is 3. The highest BCUT2D eigenvalue weighted by atomic mass is 19.4. The van der Waals surface area contributed by atoms with Gasteiger partial charge in [-0.25, -0.2) is 0 Å². The van der Waals surface area contributed by atoms with Crippen molar-refractivity contribution in [1.82, 2.24) is 14.5 Å². The van der Waals surface area contributed by atoms with Crippen LogP contribution in [0.1, 0.15) is 40.9 Å². The maximum absolute atomic E-state index is 13.4. The minimum atomic E-state index is -4.50. The Morgan fingerprint density at radius 3 is 2.56 bits per heavy atom. The standard InChI is InChI=1S/C26H23F3N4O3/c1-25(2,15-34)33-14-21(20-13-30-7-6-22(20)33)24(36)17-10-19(12-31-11-17)32-23(35)9-16-4-3-5-18(8-16)26(27,28)29/h3-8,10-14,34H,9,15H2,1-2H3,(H,32,35). The number of alkyl halides is 3. The van der Waals surface area contributed by atoms with Crippen molar-refractivity contribution < 1.29 is 27.9 Å². The van der Waals surface area contributed by atoms with Crippen molar-refractivity contribution in [3.8, 4) is 0 Å². The van der Waals surface area contributed by atoms with Crippen molar-refractivity contribution in [2.24, 2.45) is 0 Å². The number of aliphatic hydroxyl groups is 1. The molecular formula is C26H23F3N4O3. The number of hydrogen-bond donors (Lipinski definition) is 2. The van der Waals surface area contributed by atoms with Gasteiger partial charge in [0.25, 0.3) is 0 Å². The summed E-state index contributed by atoms with van der Waals surface area (Å²) >= 11 is 0. The van der Waals surface area contributed by atoms with E-state index in [1.165, 1.54) is 30.6 Å². The van der Waals surface area contributed by atoms with Crippen molar-refractivity contribution in [1.29, 1.82) is 0 Å². The third-order valence-corrected chi connectivity index (χ3v) is 5.79. The molecule has 0 radical (unpaired) electrons. The van der Waals surface area contributed by atoms with Gasteiger partial charge in [0.2, 0.25) is 5.91 Å². The van der Waals surface area contributed by atoms with E-state index in [9.17, 15) is 27.9 Å². The van der Waals surface area contributed by atoms with Gasteiger partial charge >= 0.3 is 6.18 Å². The number of benzene rings is 1. The highest BCUT2D eigenvalue weighted by molar-refractivity contribution is 6.16. The Morgan fingerprint density at radius 1 is 1.06 bits per heavy atom. The number of rotatable bonds is 7. The molecule has 0 aliphatic heterocycles. The van der Waals surface area contributed by atoms with E-state index in [-0.39, 0.29) is 35.6 Å². The molecule has 0 spiro atoms. The molecule has 1 amide bonds. The normalized spacial score (nSPS) is 12.1. The lowest BCUT2D eigenvalue weighted by atomic mass is 10.0. The van der Waals surface area contributed by atoms with Gasteiger partial charge in [0.15, 0.2) is 5.78 Å². The summed E-state index contributed by atoms with van der Waals surface area (Å²) in [4.78, 5) is 34.0. The number of carbonyl (C=O) groups excluding carboxylic acids is 2. The molecule has 0 aliphatic carbocycles. The molecule has 186 valence electrons. The van der Waals surface area contributed by atoms with Gasteiger partial charge in [-0.2, -0.15) is 13.2 Å². The van der Waals surface area contributed by atoms with Gasteiger partial charge in [0.05, 0.1) is 41.5 Å². The molecule has 4 rings (SSSR count). The van der Waals surface area contributed by atoms with Crippen LogP contribution in [0.4, 0.5) is 18.9 Å². The molecule has 0 aliphatic rings. The smallest absolute Gasteiger partial charge is 0.394 e. The van der Waals surface area contributed by atoms with Crippen LogP contribution in [0.2, 0.25) is 0 Å². The molecule has 0 fully saturated rings. The van der Waals surface area contributed by atoms with Gasteiger partial charge in [-0.05, 0) is 37.6 Å². The molecule has 10 heteroatoms. The highest BCUT2D eigenvalue weighted by Crippen LogP contribution is 2.30. The van der Waals surface area contributed by atoms with Crippen LogP contribution < -0.4 is 5.32 Å². The van der Waals surface area contributed by atoms with Gasteiger partial charge in [0, 0.05) is 41.3 Å². The minimum Gasteiger partial charge on any atom is -0.394 e. The average Bonchev–Trinajstić information content (AvgIpc) is 3.24. The first-order valence-electron chi connectivity index (χ1n) is 11.0. The zero-order chi connectivity index (χ0) is 26.1. The number of nitrogens with zero attached hydrogens (tertiary/aromatic N) is 3. The Labute approximate surface area is 204 Å². The number of hydrogen-bond acceptors (Lipinski definition) is 5. The number of fused-ring (bicyclic) bond motifs is 1. The molecule has 0 unspecified atom stereocenters. The van der Waals surface area contributed by atoms with E-state index in [1.54, 1.807) is 24.7 Å². The predicted octanol–water partition coefficient (Wildman–Crippen LogP) is 4.59. The lowest BCUT2D eigenvalue weighted by Gasteiger charge is -2.25. The zero-order valence-corrected chi connectivity index (χ0v) is 19.5. The Bertz CT molecular complexity index is 1440. The second-order valence-electron chi connectivity index (χ2n) is 8.99. The summed E-state index contributed by atoms with van der Waals surface area (Å²) in [5.74, 6) is -0.909. The Morgan fingerprint density at radius 2 is 1.83 bits per heavy atom. The Kier molecular flexibility index (Phi) is 6.64. The monoisotopic (exact) mass is 496 g/mol. The van der Waals surface area contributed by atoms with Gasteiger partial charge < -0.3 is 15.0 Å².